The Morgan fingerprint density at radius 3 is 2.41 bits per heavy atom. The number of anilines is 1. The van der Waals surface area contributed by atoms with Gasteiger partial charge in [0.1, 0.15) is 24.6 Å². The number of nitrogens with one attached hydrogen (secondary N) is 1. The summed E-state index contributed by atoms with van der Waals surface area (Å²) in [5, 5.41) is 21.1. The molecule has 3 aromatic rings. The molecule has 0 spiro atoms. The number of ether oxygens (including phenoxy) is 2. The minimum Gasteiger partial charge on any atom is -0.480 e. The minimum atomic E-state index is -0.968. The summed E-state index contributed by atoms with van der Waals surface area (Å²) in [6.07, 6.45) is 4.19. The number of nitrogens with two attached hydrogens (primary N) is 1. The average molecular weight is 541 g/mol. The lowest BCUT2D eigenvalue weighted by atomic mass is 10.1. The third-order valence-electron chi connectivity index (χ3n) is 5.01. The highest BCUT2D eigenvalue weighted by Crippen LogP contribution is 2.34. The molecule has 2 unspecified atom stereocenters. The number of nitrogens with zero attached hydrogens (tertiary/aromatic N) is 4. The van der Waals surface area contributed by atoms with Crippen molar-refractivity contribution in [1.82, 2.24) is 14.6 Å². The molecular formula is C27H36N6O6. The van der Waals surface area contributed by atoms with E-state index in [4.69, 9.17) is 19.8 Å². The van der Waals surface area contributed by atoms with Gasteiger partial charge in [0.25, 0.3) is 0 Å². The van der Waals surface area contributed by atoms with E-state index in [2.05, 4.69) is 41.6 Å². The number of fused-ring (bicyclic) bond motifs is 1. The van der Waals surface area contributed by atoms with Crippen LogP contribution in [0.1, 0.15) is 57.4 Å². The summed E-state index contributed by atoms with van der Waals surface area (Å²) in [5.74, 6) is -0.958. The number of hydrogen-bond donors (Lipinski definition) is 3. The Morgan fingerprint density at radius 2 is 1.82 bits per heavy atom. The molecule has 12 nitrogen and oxygen atoms in total. The van der Waals surface area contributed by atoms with Crippen LogP contribution in [0.15, 0.2) is 48.8 Å². The van der Waals surface area contributed by atoms with Crippen molar-refractivity contribution in [2.45, 2.75) is 58.7 Å². The molecule has 12 heteroatoms. The largest absolute Gasteiger partial charge is 0.480 e. The van der Waals surface area contributed by atoms with Gasteiger partial charge in [0.05, 0.1) is 24.8 Å². The Hall–Kier alpha value is -4.34. The van der Waals surface area contributed by atoms with Crippen LogP contribution in [0.2, 0.25) is 0 Å². The van der Waals surface area contributed by atoms with Gasteiger partial charge in [0, 0.05) is 13.5 Å². The van der Waals surface area contributed by atoms with E-state index in [0.717, 1.165) is 24.1 Å². The molecule has 1 fully saturated rings. The number of nitriles is 1. The van der Waals surface area contributed by atoms with Crippen molar-refractivity contribution in [3.8, 4) is 6.57 Å². The van der Waals surface area contributed by atoms with E-state index in [1.165, 1.54) is 19.7 Å². The number of rotatable bonds is 7. The van der Waals surface area contributed by atoms with Crippen LogP contribution in [0.3, 0.4) is 0 Å². The molecule has 210 valence electrons. The standard InChI is InChI=1S/C21H22N4O4.C3H8.C2H5NO2.CHN/c1-14(26)24-21-18-9-8-17(25(18)23-13-22-21)19-10-7-16(29-19)12-28-20(27)11-15-5-3-2-4-6-15;1-3-2;3-1-2(4)5;1-2/h2-6,8-9,13,16,19H,7,10-12H2,1H3,(H,22,23,24,26);3H2,1-2H3;1,3H2,(H,4,5);1H. The van der Waals surface area contributed by atoms with Crippen LogP contribution in [0.25, 0.3) is 5.52 Å². The van der Waals surface area contributed by atoms with Crippen molar-refractivity contribution >= 4 is 29.2 Å². The second-order valence-electron chi connectivity index (χ2n) is 8.32. The summed E-state index contributed by atoms with van der Waals surface area (Å²) in [7, 11) is 0. The molecule has 1 amide bonds. The molecule has 0 aliphatic carbocycles. The first-order chi connectivity index (χ1) is 18.8. The van der Waals surface area contributed by atoms with Crippen LogP contribution in [0.5, 0.6) is 0 Å². The van der Waals surface area contributed by atoms with Crippen molar-refractivity contribution in [3.63, 3.8) is 0 Å². The molecule has 2 atom stereocenters. The zero-order chi connectivity index (χ0) is 29.2. The SMILES string of the molecule is C#N.CC(=O)Nc1ncnn2c(C3CCC(COC(=O)Cc4ccccc4)O3)ccc12.CCC.NCC(=O)O. The van der Waals surface area contributed by atoms with Crippen molar-refractivity contribution in [1.29, 1.82) is 5.26 Å². The van der Waals surface area contributed by atoms with E-state index in [1.54, 1.807) is 4.52 Å². The summed E-state index contributed by atoms with van der Waals surface area (Å²) in [6, 6.07) is 13.3. The van der Waals surface area contributed by atoms with Crippen molar-refractivity contribution in [2.24, 2.45) is 5.73 Å². The highest BCUT2D eigenvalue weighted by atomic mass is 16.6. The Kier molecular flexibility index (Phi) is 15.1. The van der Waals surface area contributed by atoms with Crippen LogP contribution in [0, 0.1) is 11.8 Å². The van der Waals surface area contributed by atoms with Crippen LogP contribution in [-0.4, -0.2) is 56.8 Å². The number of carbonyl (C=O) groups is 3. The van der Waals surface area contributed by atoms with Gasteiger partial charge >= 0.3 is 11.9 Å². The Bertz CT molecular complexity index is 1200. The molecule has 0 radical (unpaired) electrons. The van der Waals surface area contributed by atoms with Crippen LogP contribution in [-0.2, 0) is 30.3 Å². The summed E-state index contributed by atoms with van der Waals surface area (Å²) in [6.45, 7) is 9.14. The molecule has 4 rings (SSSR count). The van der Waals surface area contributed by atoms with Crippen molar-refractivity contribution in [2.75, 3.05) is 18.5 Å². The summed E-state index contributed by atoms with van der Waals surface area (Å²) >= 11 is 0. The maximum Gasteiger partial charge on any atom is 0.317 e. The maximum absolute atomic E-state index is 12.0. The van der Waals surface area contributed by atoms with E-state index in [1.807, 2.05) is 42.5 Å². The number of carboxylic acid groups (broad SMARTS) is 1. The molecule has 0 bridgehead atoms. The quantitative estimate of drug-likeness (QED) is 0.376. The number of benzene rings is 1. The normalized spacial score (nSPS) is 15.3. The molecule has 39 heavy (non-hydrogen) atoms. The van der Waals surface area contributed by atoms with E-state index in [-0.39, 0.29) is 43.7 Å². The fourth-order valence-corrected chi connectivity index (χ4v) is 3.51. The number of hydrogen-bond acceptors (Lipinski definition) is 9. The van der Waals surface area contributed by atoms with Gasteiger partial charge in [-0.05, 0) is 30.5 Å². The van der Waals surface area contributed by atoms with Gasteiger partial charge in [-0.25, -0.2) is 14.8 Å². The number of carboxylic acids is 1. The second-order valence-corrected chi connectivity index (χ2v) is 8.32. The topological polar surface area (TPSA) is 182 Å². The highest BCUT2D eigenvalue weighted by Gasteiger charge is 2.30. The highest BCUT2D eigenvalue weighted by molar-refractivity contribution is 5.91. The Labute approximate surface area is 227 Å². The molecule has 1 aromatic carbocycles. The Balaban J connectivity index is 0.000000663. The fourth-order valence-electron chi connectivity index (χ4n) is 3.51. The number of amides is 1. The first kappa shape index (κ1) is 32.7. The summed E-state index contributed by atoms with van der Waals surface area (Å²) in [5.41, 5.74) is 7.09. The molecule has 3 heterocycles. The zero-order valence-electron chi connectivity index (χ0n) is 22.4. The van der Waals surface area contributed by atoms with Gasteiger partial charge in [0.2, 0.25) is 5.91 Å². The lowest BCUT2D eigenvalue weighted by Crippen LogP contribution is -2.19. The third-order valence-corrected chi connectivity index (χ3v) is 5.01. The van der Waals surface area contributed by atoms with Crippen LogP contribution < -0.4 is 11.1 Å². The predicted octanol–water partition coefficient (Wildman–Crippen LogP) is 3.28. The number of aliphatic carboxylic acids is 1. The van der Waals surface area contributed by atoms with Gasteiger partial charge in [-0.3, -0.25) is 14.4 Å². The van der Waals surface area contributed by atoms with Crippen molar-refractivity contribution < 1.29 is 29.0 Å². The second kappa shape index (κ2) is 18.0. The molecule has 0 saturated carbocycles. The van der Waals surface area contributed by atoms with E-state index >= 15 is 0 Å². The third kappa shape index (κ3) is 11.3. The van der Waals surface area contributed by atoms with Crippen LogP contribution in [0.4, 0.5) is 5.82 Å². The minimum absolute atomic E-state index is 0.151. The Morgan fingerprint density at radius 1 is 1.18 bits per heavy atom. The molecule has 1 aliphatic heterocycles. The molecular weight excluding hydrogens is 504 g/mol. The number of carbonyl (C=O) groups excluding carboxylic acids is 2. The van der Waals surface area contributed by atoms with Gasteiger partial charge in [-0.15, -0.1) is 0 Å². The van der Waals surface area contributed by atoms with Gasteiger partial charge in [0.15, 0.2) is 5.82 Å². The van der Waals surface area contributed by atoms with E-state index < -0.39 is 5.97 Å². The number of aromatic nitrogens is 3. The summed E-state index contributed by atoms with van der Waals surface area (Å²) in [4.78, 5) is 36.8. The predicted molar refractivity (Wildman–Crippen MR) is 145 cm³/mol. The van der Waals surface area contributed by atoms with Crippen molar-refractivity contribution in [3.05, 3.63) is 60.0 Å². The lowest BCUT2D eigenvalue weighted by Gasteiger charge is -2.14. The monoisotopic (exact) mass is 540 g/mol. The first-order valence-electron chi connectivity index (χ1n) is 12.4. The zero-order valence-corrected chi connectivity index (χ0v) is 22.4. The molecule has 2 aromatic heterocycles. The van der Waals surface area contributed by atoms with Gasteiger partial charge < -0.3 is 25.6 Å². The smallest absolute Gasteiger partial charge is 0.317 e. The van der Waals surface area contributed by atoms with E-state index in [0.29, 0.717) is 11.3 Å². The molecule has 1 aliphatic rings. The first-order valence-corrected chi connectivity index (χ1v) is 12.4. The average Bonchev–Trinajstić information content (AvgIpc) is 3.57. The molecule has 1 saturated heterocycles. The maximum atomic E-state index is 12.0. The fraction of sp³-hybridized carbons (Fsp3) is 0.407. The van der Waals surface area contributed by atoms with Crippen LogP contribution >= 0.6 is 0 Å². The van der Waals surface area contributed by atoms with Gasteiger partial charge in [-0.2, -0.15) is 5.10 Å². The molecule has 4 N–H and O–H groups in total. The van der Waals surface area contributed by atoms with E-state index in [9.17, 15) is 14.4 Å². The number of esters is 1. The van der Waals surface area contributed by atoms with Gasteiger partial charge in [-0.1, -0.05) is 50.6 Å². The lowest BCUT2D eigenvalue weighted by molar-refractivity contribution is -0.147. The summed E-state index contributed by atoms with van der Waals surface area (Å²) < 4.78 is 13.2.